The molecule has 0 aromatic heterocycles. The first kappa shape index (κ1) is 11.1. The van der Waals surface area contributed by atoms with Crippen LogP contribution in [-0.4, -0.2) is 6.61 Å². The average molecular weight is 203 g/mol. The van der Waals surface area contributed by atoms with Crippen molar-refractivity contribution in [3.05, 3.63) is 29.6 Å². The number of hydrogen-bond donors (Lipinski definition) is 0. The lowest BCUT2D eigenvalue weighted by Gasteiger charge is -2.04. The minimum atomic E-state index is -0.515. The molecule has 0 heterocycles. The summed E-state index contributed by atoms with van der Waals surface area (Å²) < 4.78 is 18.4. The fourth-order valence-electron chi connectivity index (χ4n) is 1.02. The zero-order valence-corrected chi connectivity index (χ0v) is 8.38. The molecule has 0 saturated carbocycles. The van der Waals surface area contributed by atoms with Gasteiger partial charge in [0, 0.05) is 6.42 Å². The van der Waals surface area contributed by atoms with Crippen LogP contribution < -0.4 is 4.74 Å². The summed E-state index contributed by atoms with van der Waals surface area (Å²) in [6.07, 6.45) is 0.565. The van der Waals surface area contributed by atoms with Crippen LogP contribution in [0.15, 0.2) is 18.2 Å². The number of nitrogens with zero attached hydrogens (tertiary/aromatic N) is 1. The minimum absolute atomic E-state index is 0.159. The van der Waals surface area contributed by atoms with Crippen molar-refractivity contribution in [1.82, 2.24) is 0 Å². The molecule has 0 bridgehead atoms. The molecule has 0 unspecified atom stereocenters. The number of nitriles is 1. The van der Waals surface area contributed by atoms with E-state index in [1.807, 2.05) is 6.07 Å². The highest BCUT2D eigenvalue weighted by molar-refractivity contribution is 5.35. The summed E-state index contributed by atoms with van der Waals surface area (Å²) in [5, 5.41) is 8.52. The van der Waals surface area contributed by atoms with E-state index >= 15 is 0 Å². The van der Waals surface area contributed by atoms with E-state index in [4.69, 9.17) is 10.00 Å². The zero-order valence-electron chi connectivity index (χ0n) is 8.38. The van der Waals surface area contributed by atoms with E-state index in [2.05, 4.69) is 11.8 Å². The van der Waals surface area contributed by atoms with Crippen LogP contribution in [0.3, 0.4) is 0 Å². The van der Waals surface area contributed by atoms with Crippen molar-refractivity contribution in [2.75, 3.05) is 6.61 Å². The highest BCUT2D eigenvalue weighted by atomic mass is 19.1. The first-order chi connectivity index (χ1) is 7.27. The molecule has 0 radical (unpaired) electrons. The Kier molecular flexibility index (Phi) is 4.19. The highest BCUT2D eigenvalue weighted by Gasteiger charge is 2.03. The standard InChI is InChI=1S/C12H10FNO/c1-2-3-4-7-15-12-6-5-10(9-14)8-11(12)13/h5-6,8H,4,7H2,1H3. The van der Waals surface area contributed by atoms with Gasteiger partial charge in [-0.3, -0.25) is 0 Å². The summed E-state index contributed by atoms with van der Waals surface area (Å²) in [6.45, 7) is 2.09. The molecule has 0 atom stereocenters. The van der Waals surface area contributed by atoms with Crippen molar-refractivity contribution >= 4 is 0 Å². The van der Waals surface area contributed by atoms with Gasteiger partial charge in [-0.2, -0.15) is 5.26 Å². The number of benzene rings is 1. The second-order valence-electron chi connectivity index (χ2n) is 2.78. The van der Waals surface area contributed by atoms with Crippen LogP contribution in [0.5, 0.6) is 5.75 Å². The molecule has 76 valence electrons. The maximum Gasteiger partial charge on any atom is 0.166 e. The molecule has 3 heteroatoms. The second kappa shape index (κ2) is 5.67. The van der Waals surface area contributed by atoms with Gasteiger partial charge >= 0.3 is 0 Å². The summed E-state index contributed by atoms with van der Waals surface area (Å²) >= 11 is 0. The number of rotatable bonds is 3. The van der Waals surface area contributed by atoms with Crippen LogP contribution in [0.4, 0.5) is 4.39 Å². The van der Waals surface area contributed by atoms with Crippen molar-refractivity contribution in [3.8, 4) is 23.7 Å². The Hall–Kier alpha value is -2.00. The maximum atomic E-state index is 13.2. The van der Waals surface area contributed by atoms with Gasteiger partial charge in [-0.25, -0.2) is 4.39 Å². The smallest absolute Gasteiger partial charge is 0.166 e. The SMILES string of the molecule is CC#CCCOc1ccc(C#N)cc1F. The van der Waals surface area contributed by atoms with Crippen molar-refractivity contribution in [2.45, 2.75) is 13.3 Å². The molecule has 0 spiro atoms. The normalized spacial score (nSPS) is 8.60. The van der Waals surface area contributed by atoms with E-state index in [0.717, 1.165) is 6.07 Å². The van der Waals surface area contributed by atoms with Gasteiger partial charge in [0.25, 0.3) is 0 Å². The van der Waals surface area contributed by atoms with Crippen LogP contribution in [0, 0.1) is 29.0 Å². The molecular weight excluding hydrogens is 193 g/mol. The molecule has 1 aromatic rings. The molecule has 0 aliphatic heterocycles. The predicted molar refractivity (Wildman–Crippen MR) is 54.7 cm³/mol. The Labute approximate surface area is 88.3 Å². The summed E-state index contributed by atoms with van der Waals surface area (Å²) in [7, 11) is 0. The zero-order chi connectivity index (χ0) is 11.1. The number of halogens is 1. The third-order valence-corrected chi connectivity index (χ3v) is 1.72. The predicted octanol–water partition coefficient (Wildman–Crippen LogP) is 2.49. The first-order valence-corrected chi connectivity index (χ1v) is 4.50. The number of ether oxygens (including phenoxy) is 1. The van der Waals surface area contributed by atoms with Crippen LogP contribution in [0.25, 0.3) is 0 Å². The topological polar surface area (TPSA) is 33.0 Å². The molecule has 15 heavy (non-hydrogen) atoms. The molecule has 0 aliphatic rings. The van der Waals surface area contributed by atoms with Gasteiger partial charge in [0.1, 0.15) is 0 Å². The van der Waals surface area contributed by atoms with E-state index in [0.29, 0.717) is 13.0 Å². The Morgan fingerprint density at radius 1 is 1.47 bits per heavy atom. The maximum absolute atomic E-state index is 13.2. The van der Waals surface area contributed by atoms with Crippen LogP contribution in [0.1, 0.15) is 18.9 Å². The summed E-state index contributed by atoms with van der Waals surface area (Å²) in [4.78, 5) is 0. The van der Waals surface area contributed by atoms with E-state index in [-0.39, 0.29) is 11.3 Å². The van der Waals surface area contributed by atoms with E-state index in [9.17, 15) is 4.39 Å². The third-order valence-electron chi connectivity index (χ3n) is 1.72. The fraction of sp³-hybridized carbons (Fsp3) is 0.250. The quantitative estimate of drug-likeness (QED) is 0.558. The van der Waals surface area contributed by atoms with Gasteiger partial charge in [0.05, 0.1) is 18.2 Å². The van der Waals surface area contributed by atoms with Gasteiger partial charge in [-0.05, 0) is 25.1 Å². The first-order valence-electron chi connectivity index (χ1n) is 4.50. The van der Waals surface area contributed by atoms with E-state index in [1.54, 1.807) is 6.92 Å². The largest absolute Gasteiger partial charge is 0.490 e. The number of hydrogen-bond acceptors (Lipinski definition) is 2. The molecular formula is C12H10FNO. The van der Waals surface area contributed by atoms with Crippen molar-refractivity contribution in [1.29, 1.82) is 5.26 Å². The van der Waals surface area contributed by atoms with Gasteiger partial charge in [0.2, 0.25) is 0 Å². The third kappa shape index (κ3) is 3.32. The average Bonchev–Trinajstić information content (AvgIpc) is 2.26. The lowest BCUT2D eigenvalue weighted by Crippen LogP contribution is -1.98. The highest BCUT2D eigenvalue weighted by Crippen LogP contribution is 2.17. The van der Waals surface area contributed by atoms with Gasteiger partial charge in [0.15, 0.2) is 11.6 Å². The Balaban J connectivity index is 2.61. The molecule has 2 nitrogen and oxygen atoms in total. The lowest BCUT2D eigenvalue weighted by atomic mass is 10.2. The van der Waals surface area contributed by atoms with E-state index < -0.39 is 5.82 Å². The van der Waals surface area contributed by atoms with Crippen LogP contribution in [-0.2, 0) is 0 Å². The molecule has 0 saturated heterocycles. The van der Waals surface area contributed by atoms with Gasteiger partial charge in [-0.1, -0.05) is 0 Å². The summed E-state index contributed by atoms with van der Waals surface area (Å²) in [6, 6.07) is 5.98. The van der Waals surface area contributed by atoms with E-state index in [1.165, 1.54) is 12.1 Å². The summed E-state index contributed by atoms with van der Waals surface area (Å²) in [5.74, 6) is 5.17. The Morgan fingerprint density at radius 2 is 2.27 bits per heavy atom. The molecule has 0 N–H and O–H groups in total. The fourth-order valence-corrected chi connectivity index (χ4v) is 1.02. The minimum Gasteiger partial charge on any atom is -0.490 e. The van der Waals surface area contributed by atoms with Crippen molar-refractivity contribution < 1.29 is 9.13 Å². The second-order valence-corrected chi connectivity index (χ2v) is 2.78. The molecule has 1 aromatic carbocycles. The van der Waals surface area contributed by atoms with Crippen LogP contribution >= 0.6 is 0 Å². The molecule has 0 amide bonds. The Bertz CT molecular complexity index is 437. The molecule has 0 aliphatic carbocycles. The Morgan fingerprint density at radius 3 is 2.87 bits per heavy atom. The monoisotopic (exact) mass is 203 g/mol. The molecule has 1 rings (SSSR count). The van der Waals surface area contributed by atoms with Gasteiger partial charge < -0.3 is 4.74 Å². The summed E-state index contributed by atoms with van der Waals surface area (Å²) in [5.41, 5.74) is 0.285. The van der Waals surface area contributed by atoms with Crippen molar-refractivity contribution in [3.63, 3.8) is 0 Å². The van der Waals surface area contributed by atoms with Crippen molar-refractivity contribution in [2.24, 2.45) is 0 Å². The lowest BCUT2D eigenvalue weighted by molar-refractivity contribution is 0.310. The molecule has 0 fully saturated rings. The van der Waals surface area contributed by atoms with Gasteiger partial charge in [-0.15, -0.1) is 11.8 Å². The van der Waals surface area contributed by atoms with Crippen LogP contribution in [0.2, 0.25) is 0 Å².